The summed E-state index contributed by atoms with van der Waals surface area (Å²) in [7, 11) is 3.27. The van der Waals surface area contributed by atoms with E-state index in [2.05, 4.69) is 30.9 Å². The van der Waals surface area contributed by atoms with Crippen LogP contribution in [0.4, 0.5) is 11.6 Å². The Bertz CT molecular complexity index is 1290. The SMILES string of the molecule is COc1cc(-c2nc(Nc3ccc4[nH]ncc4c3Cl)n(C)n2)ccc1OCC(=O)NCCO. The van der Waals surface area contributed by atoms with Gasteiger partial charge in [0.05, 0.1) is 36.1 Å². The molecule has 2 aromatic carbocycles. The summed E-state index contributed by atoms with van der Waals surface area (Å²) in [5.41, 5.74) is 2.21. The molecule has 172 valence electrons. The number of benzene rings is 2. The quantitative estimate of drug-likeness (QED) is 0.291. The summed E-state index contributed by atoms with van der Waals surface area (Å²) in [5.74, 6) is 1.44. The lowest BCUT2D eigenvalue weighted by Gasteiger charge is -2.11. The van der Waals surface area contributed by atoms with Crippen molar-refractivity contribution in [2.24, 2.45) is 7.05 Å². The molecule has 0 aliphatic carbocycles. The average Bonchev–Trinajstić information content (AvgIpc) is 3.45. The highest BCUT2D eigenvalue weighted by Crippen LogP contribution is 2.34. The molecule has 0 saturated heterocycles. The van der Waals surface area contributed by atoms with Gasteiger partial charge in [-0.25, -0.2) is 4.68 Å². The zero-order valence-corrected chi connectivity index (χ0v) is 18.7. The van der Waals surface area contributed by atoms with Crippen LogP contribution in [-0.2, 0) is 11.8 Å². The van der Waals surface area contributed by atoms with E-state index >= 15 is 0 Å². The number of aryl methyl sites for hydroxylation is 1. The predicted molar refractivity (Wildman–Crippen MR) is 123 cm³/mol. The molecule has 0 radical (unpaired) electrons. The number of aliphatic hydroxyl groups excluding tert-OH is 1. The van der Waals surface area contributed by atoms with E-state index in [0.29, 0.717) is 39.5 Å². The number of aromatic nitrogens is 5. The van der Waals surface area contributed by atoms with Crippen molar-refractivity contribution < 1.29 is 19.4 Å². The fraction of sp³-hybridized carbons (Fsp3) is 0.238. The van der Waals surface area contributed by atoms with Crippen LogP contribution in [0.1, 0.15) is 0 Å². The first kappa shape index (κ1) is 22.4. The monoisotopic (exact) mass is 471 g/mol. The second-order valence-electron chi connectivity index (χ2n) is 6.99. The van der Waals surface area contributed by atoms with Gasteiger partial charge in [-0.15, -0.1) is 5.10 Å². The van der Waals surface area contributed by atoms with Crippen LogP contribution < -0.4 is 20.1 Å². The van der Waals surface area contributed by atoms with Crippen molar-refractivity contribution >= 4 is 40.0 Å². The fourth-order valence-electron chi connectivity index (χ4n) is 3.13. The molecule has 0 spiro atoms. The van der Waals surface area contributed by atoms with Crippen LogP contribution in [0.15, 0.2) is 36.5 Å². The molecule has 4 rings (SSSR count). The summed E-state index contributed by atoms with van der Waals surface area (Å²) in [4.78, 5) is 16.3. The molecule has 4 aromatic rings. The topological polar surface area (TPSA) is 139 Å². The Kier molecular flexibility index (Phi) is 6.61. The van der Waals surface area contributed by atoms with Gasteiger partial charge in [0.15, 0.2) is 23.9 Å². The first-order valence-corrected chi connectivity index (χ1v) is 10.4. The minimum atomic E-state index is -0.343. The second-order valence-corrected chi connectivity index (χ2v) is 7.37. The van der Waals surface area contributed by atoms with Crippen LogP contribution in [0.3, 0.4) is 0 Å². The van der Waals surface area contributed by atoms with Gasteiger partial charge in [-0.05, 0) is 30.3 Å². The smallest absolute Gasteiger partial charge is 0.258 e. The number of fused-ring (bicyclic) bond motifs is 1. The number of ether oxygens (including phenoxy) is 2. The van der Waals surface area contributed by atoms with E-state index in [4.69, 9.17) is 26.2 Å². The number of rotatable bonds is 9. The number of nitrogens with one attached hydrogen (secondary N) is 3. The van der Waals surface area contributed by atoms with Crippen molar-refractivity contribution in [3.8, 4) is 22.9 Å². The van der Waals surface area contributed by atoms with Crippen LogP contribution in [0.25, 0.3) is 22.3 Å². The van der Waals surface area contributed by atoms with E-state index < -0.39 is 0 Å². The van der Waals surface area contributed by atoms with Gasteiger partial charge in [0, 0.05) is 24.5 Å². The maximum absolute atomic E-state index is 11.7. The second kappa shape index (κ2) is 9.76. The van der Waals surface area contributed by atoms with E-state index in [-0.39, 0.29) is 25.7 Å². The summed E-state index contributed by atoms with van der Waals surface area (Å²) in [6.07, 6.45) is 1.66. The third-order valence-electron chi connectivity index (χ3n) is 4.78. The van der Waals surface area contributed by atoms with Gasteiger partial charge < -0.3 is 25.2 Å². The molecule has 12 heteroatoms. The zero-order valence-electron chi connectivity index (χ0n) is 17.9. The number of nitrogens with zero attached hydrogens (tertiary/aromatic N) is 4. The molecule has 0 fully saturated rings. The minimum Gasteiger partial charge on any atom is -0.493 e. The van der Waals surface area contributed by atoms with Crippen LogP contribution >= 0.6 is 11.6 Å². The lowest BCUT2D eigenvalue weighted by atomic mass is 10.2. The number of hydrogen-bond donors (Lipinski definition) is 4. The number of aromatic amines is 1. The highest BCUT2D eigenvalue weighted by atomic mass is 35.5. The van der Waals surface area contributed by atoms with E-state index in [9.17, 15) is 4.79 Å². The number of anilines is 2. The maximum atomic E-state index is 11.7. The van der Waals surface area contributed by atoms with Gasteiger partial charge in [0.2, 0.25) is 5.95 Å². The summed E-state index contributed by atoms with van der Waals surface area (Å²) in [6.45, 7) is -0.170. The molecule has 2 heterocycles. The van der Waals surface area contributed by atoms with Gasteiger partial charge in [0.1, 0.15) is 0 Å². The average molecular weight is 472 g/mol. The first-order valence-electron chi connectivity index (χ1n) is 9.98. The van der Waals surface area contributed by atoms with Crippen LogP contribution in [0, 0.1) is 0 Å². The van der Waals surface area contributed by atoms with E-state index in [1.165, 1.54) is 7.11 Å². The summed E-state index contributed by atoms with van der Waals surface area (Å²) < 4.78 is 12.5. The molecular formula is C21H22ClN7O4. The highest BCUT2D eigenvalue weighted by Gasteiger charge is 2.15. The Morgan fingerprint density at radius 2 is 2.12 bits per heavy atom. The number of halogens is 1. The Morgan fingerprint density at radius 3 is 2.91 bits per heavy atom. The van der Waals surface area contributed by atoms with Gasteiger partial charge in [-0.1, -0.05) is 11.6 Å². The van der Waals surface area contributed by atoms with E-state index in [1.54, 1.807) is 36.1 Å². The first-order chi connectivity index (χ1) is 16.0. The van der Waals surface area contributed by atoms with Gasteiger partial charge in [-0.3, -0.25) is 9.89 Å². The van der Waals surface area contributed by atoms with Crippen molar-refractivity contribution in [3.63, 3.8) is 0 Å². The van der Waals surface area contributed by atoms with E-state index in [1.807, 2.05) is 12.1 Å². The molecule has 0 bridgehead atoms. The normalized spacial score (nSPS) is 10.9. The number of aliphatic hydroxyl groups is 1. The molecule has 33 heavy (non-hydrogen) atoms. The van der Waals surface area contributed by atoms with Gasteiger partial charge in [0.25, 0.3) is 5.91 Å². The molecule has 1 amide bonds. The van der Waals surface area contributed by atoms with Crippen molar-refractivity contribution in [2.45, 2.75) is 0 Å². The van der Waals surface area contributed by atoms with Gasteiger partial charge >= 0.3 is 0 Å². The van der Waals surface area contributed by atoms with Gasteiger partial charge in [-0.2, -0.15) is 10.1 Å². The lowest BCUT2D eigenvalue weighted by Crippen LogP contribution is -2.31. The summed E-state index contributed by atoms with van der Waals surface area (Å²) in [6, 6.07) is 8.89. The number of amides is 1. The van der Waals surface area contributed by atoms with Crippen molar-refractivity contribution in [3.05, 3.63) is 41.6 Å². The Balaban J connectivity index is 1.53. The largest absolute Gasteiger partial charge is 0.493 e. The fourth-order valence-corrected chi connectivity index (χ4v) is 3.39. The summed E-state index contributed by atoms with van der Waals surface area (Å²) in [5, 5.41) is 27.2. The third-order valence-corrected chi connectivity index (χ3v) is 5.19. The lowest BCUT2D eigenvalue weighted by molar-refractivity contribution is -0.123. The maximum Gasteiger partial charge on any atom is 0.258 e. The Morgan fingerprint density at radius 1 is 1.27 bits per heavy atom. The number of H-pyrrole nitrogens is 1. The number of methoxy groups -OCH3 is 1. The van der Waals surface area contributed by atoms with Crippen molar-refractivity contribution in [2.75, 3.05) is 32.2 Å². The predicted octanol–water partition coefficient (Wildman–Crippen LogP) is 2.25. The van der Waals surface area contributed by atoms with Crippen LogP contribution in [-0.4, -0.2) is 62.8 Å². The minimum absolute atomic E-state index is 0.137. The van der Waals surface area contributed by atoms with Crippen LogP contribution in [0.5, 0.6) is 11.5 Å². The van der Waals surface area contributed by atoms with Crippen molar-refractivity contribution in [1.82, 2.24) is 30.3 Å². The number of carbonyl (C=O) groups excluding carboxylic acids is 1. The highest BCUT2D eigenvalue weighted by molar-refractivity contribution is 6.38. The molecule has 0 aliphatic rings. The molecule has 0 atom stereocenters. The molecule has 0 unspecified atom stereocenters. The third kappa shape index (κ3) is 4.83. The molecule has 0 aliphatic heterocycles. The molecular weight excluding hydrogens is 450 g/mol. The Hall–Kier alpha value is -3.83. The van der Waals surface area contributed by atoms with E-state index in [0.717, 1.165) is 10.9 Å². The standard InChI is InChI=1S/C21H22ClN7O4/c1-29-21(25-15-5-4-14-13(19(15)22)10-24-27-14)26-20(28-29)12-3-6-16(17(9-12)32-2)33-11-18(31)23-7-8-30/h3-6,9-10,30H,7-8,11H2,1-2H3,(H,23,31)(H,24,27)(H,25,26,28). The molecule has 4 N–H and O–H groups in total. The van der Waals surface area contributed by atoms with Crippen molar-refractivity contribution in [1.29, 1.82) is 0 Å². The Labute approximate surface area is 193 Å². The molecule has 0 saturated carbocycles. The zero-order chi connectivity index (χ0) is 23.4. The molecule has 2 aromatic heterocycles. The van der Waals surface area contributed by atoms with Crippen LogP contribution in [0.2, 0.25) is 5.02 Å². The molecule has 11 nitrogen and oxygen atoms in total. The summed E-state index contributed by atoms with van der Waals surface area (Å²) >= 11 is 6.49. The number of carbonyl (C=O) groups is 1. The number of hydrogen-bond acceptors (Lipinski definition) is 8.